The average molecular weight is 625 g/mol. The molecule has 0 saturated carbocycles. The number of alkyl halides is 1. The van der Waals surface area contributed by atoms with Crippen LogP contribution in [0.3, 0.4) is 0 Å². The number of esters is 1. The second kappa shape index (κ2) is 11.1. The Morgan fingerprint density at radius 1 is 0.946 bits per heavy atom. The van der Waals surface area contributed by atoms with Crippen LogP contribution in [0.25, 0.3) is 0 Å². The van der Waals surface area contributed by atoms with Gasteiger partial charge in [0, 0.05) is 16.9 Å². The van der Waals surface area contributed by atoms with Gasteiger partial charge in [-0.05, 0) is 16.7 Å². The monoisotopic (exact) mass is 624 g/mol. The molecule has 1 fully saturated rings. The predicted octanol–water partition coefficient (Wildman–Crippen LogP) is 5.17. The molecule has 0 aliphatic carbocycles. The smallest absolute Gasteiger partial charge is 0.356 e. The lowest BCUT2D eigenvalue weighted by Gasteiger charge is -2.52. The molecule has 2 aliphatic rings. The Morgan fingerprint density at radius 3 is 2.00 bits per heavy atom. The molecule has 0 radical (unpaired) electrons. The maximum absolute atomic E-state index is 13.9. The number of halogens is 1. The van der Waals surface area contributed by atoms with Crippen LogP contribution in [0.15, 0.2) is 102 Å². The van der Waals surface area contributed by atoms with Gasteiger partial charge in [-0.15, -0.1) is 11.8 Å². The number of thioether (sulfide) groups is 1. The van der Waals surface area contributed by atoms with Crippen LogP contribution >= 0.6 is 34.4 Å². The molecule has 37 heavy (non-hydrogen) atoms. The van der Waals surface area contributed by atoms with Crippen molar-refractivity contribution < 1.29 is 19.1 Å². The first-order chi connectivity index (χ1) is 18.0. The number of fused-ring (bicyclic) bond motifs is 1. The van der Waals surface area contributed by atoms with E-state index in [1.165, 1.54) is 18.7 Å². The van der Waals surface area contributed by atoms with Crippen molar-refractivity contribution in [2.75, 3.05) is 4.43 Å². The van der Waals surface area contributed by atoms with Crippen LogP contribution in [-0.2, 0) is 19.1 Å². The molecule has 6 nitrogen and oxygen atoms in total. The van der Waals surface area contributed by atoms with E-state index in [9.17, 15) is 14.4 Å². The highest BCUT2D eigenvalue weighted by Crippen LogP contribution is 2.51. The molecule has 3 aromatic carbocycles. The Bertz CT molecular complexity index is 1290. The Hall–Kier alpha value is -3.11. The second-order valence-electron chi connectivity index (χ2n) is 8.82. The summed E-state index contributed by atoms with van der Waals surface area (Å²) in [6, 6.07) is 28.6. The molecule has 0 spiro atoms. The molecule has 8 heteroatoms. The van der Waals surface area contributed by atoms with E-state index in [0.29, 0.717) is 10.0 Å². The van der Waals surface area contributed by atoms with Crippen LogP contribution < -0.4 is 5.32 Å². The van der Waals surface area contributed by atoms with Crippen molar-refractivity contribution in [2.24, 2.45) is 0 Å². The summed E-state index contributed by atoms with van der Waals surface area (Å²) in [7, 11) is 0. The van der Waals surface area contributed by atoms with Gasteiger partial charge in [0.1, 0.15) is 16.4 Å². The van der Waals surface area contributed by atoms with E-state index < -0.39 is 23.4 Å². The topological polar surface area (TPSA) is 75.7 Å². The summed E-state index contributed by atoms with van der Waals surface area (Å²) in [4.78, 5) is 41.1. The van der Waals surface area contributed by atoms with E-state index in [1.807, 2.05) is 91.0 Å². The fraction of sp³-hybridized carbons (Fsp3) is 0.207. The maximum Gasteiger partial charge on any atom is 0.356 e. The van der Waals surface area contributed by atoms with Gasteiger partial charge in [0.2, 0.25) is 11.8 Å². The number of hydrogen-bond donors (Lipinski definition) is 1. The number of nitrogens with one attached hydrogen (secondary N) is 1. The van der Waals surface area contributed by atoms with Crippen LogP contribution in [0.1, 0.15) is 35.6 Å². The Morgan fingerprint density at radius 2 is 1.49 bits per heavy atom. The molecule has 1 saturated heterocycles. The zero-order valence-electron chi connectivity index (χ0n) is 20.0. The number of rotatable bonds is 7. The van der Waals surface area contributed by atoms with Crippen LogP contribution in [-0.4, -0.2) is 37.9 Å². The fourth-order valence-corrected chi connectivity index (χ4v) is 7.46. The molecule has 2 aliphatic heterocycles. The van der Waals surface area contributed by atoms with Crippen molar-refractivity contribution in [1.82, 2.24) is 10.2 Å². The van der Waals surface area contributed by atoms with Crippen LogP contribution in [0, 0.1) is 0 Å². The lowest BCUT2D eigenvalue weighted by atomic mass is 9.88. The number of amides is 2. The number of nitrogens with zero attached hydrogens (tertiary/aromatic N) is 1. The number of carbonyl (C=O) groups is 3. The summed E-state index contributed by atoms with van der Waals surface area (Å²) in [5, 5.41) is 2.21. The average Bonchev–Trinajstić information content (AvgIpc) is 2.92. The third-order valence-electron chi connectivity index (χ3n) is 6.44. The molecule has 5 rings (SSSR count). The molecular formula is C29H25IN2O4S. The first-order valence-corrected chi connectivity index (χ1v) is 14.4. The summed E-state index contributed by atoms with van der Waals surface area (Å²) in [6.07, 6.45) is -0.647. The van der Waals surface area contributed by atoms with Gasteiger partial charge >= 0.3 is 5.97 Å². The van der Waals surface area contributed by atoms with Gasteiger partial charge < -0.3 is 10.1 Å². The molecule has 2 heterocycles. The van der Waals surface area contributed by atoms with Gasteiger partial charge in [-0.3, -0.25) is 14.5 Å². The number of hydrogen-bond acceptors (Lipinski definition) is 5. The summed E-state index contributed by atoms with van der Waals surface area (Å²) >= 11 is 3.66. The third kappa shape index (κ3) is 5.04. The SMILES string of the molecule is CC(=O)NC1S[C@@H]2[C@H](c3ccccc3)C(=O)N2C(C(=O)OC(c2ccccc2)c2ccccc2)=C1CI. The molecule has 0 bridgehead atoms. The van der Waals surface area contributed by atoms with E-state index in [4.69, 9.17) is 4.74 Å². The van der Waals surface area contributed by atoms with Gasteiger partial charge in [0.05, 0.1) is 5.92 Å². The van der Waals surface area contributed by atoms with Crippen molar-refractivity contribution in [1.29, 1.82) is 0 Å². The number of carbonyl (C=O) groups excluding carboxylic acids is 3. The zero-order chi connectivity index (χ0) is 25.9. The van der Waals surface area contributed by atoms with Crippen molar-refractivity contribution >= 4 is 52.1 Å². The second-order valence-corrected chi connectivity index (χ2v) is 10.8. The van der Waals surface area contributed by atoms with Crippen molar-refractivity contribution in [3.05, 3.63) is 119 Å². The van der Waals surface area contributed by atoms with Gasteiger partial charge in [0.25, 0.3) is 0 Å². The zero-order valence-corrected chi connectivity index (χ0v) is 23.0. The molecule has 1 unspecified atom stereocenters. The first-order valence-electron chi connectivity index (χ1n) is 11.9. The molecule has 1 N–H and O–H groups in total. The Labute approximate surface area is 233 Å². The highest BCUT2D eigenvalue weighted by atomic mass is 127. The fourth-order valence-electron chi connectivity index (χ4n) is 4.72. The number of β-lactam (4-membered cyclic amide) rings is 1. The minimum absolute atomic E-state index is 0.143. The van der Waals surface area contributed by atoms with E-state index in [1.54, 1.807) is 4.90 Å². The first kappa shape index (κ1) is 25.5. The largest absolute Gasteiger partial charge is 0.448 e. The summed E-state index contributed by atoms with van der Waals surface area (Å²) in [6.45, 7) is 1.46. The van der Waals surface area contributed by atoms with Crippen molar-refractivity contribution in [2.45, 2.75) is 29.7 Å². The predicted molar refractivity (Wildman–Crippen MR) is 152 cm³/mol. The number of benzene rings is 3. The van der Waals surface area contributed by atoms with Gasteiger partial charge in [-0.2, -0.15) is 0 Å². The van der Waals surface area contributed by atoms with Gasteiger partial charge in [-0.1, -0.05) is 114 Å². The van der Waals surface area contributed by atoms with Gasteiger partial charge in [-0.25, -0.2) is 4.79 Å². The molecule has 2 amide bonds. The highest BCUT2D eigenvalue weighted by Gasteiger charge is 2.56. The van der Waals surface area contributed by atoms with E-state index >= 15 is 0 Å². The van der Waals surface area contributed by atoms with Crippen LogP contribution in [0.4, 0.5) is 0 Å². The summed E-state index contributed by atoms with van der Waals surface area (Å²) in [5.74, 6) is -1.32. The van der Waals surface area contributed by atoms with Crippen LogP contribution in [0.5, 0.6) is 0 Å². The minimum Gasteiger partial charge on any atom is -0.448 e. The van der Waals surface area contributed by atoms with E-state index in [0.717, 1.165) is 16.7 Å². The molecule has 3 aromatic rings. The molecular weight excluding hydrogens is 599 g/mol. The lowest BCUT2D eigenvalue weighted by molar-refractivity contribution is -0.153. The molecule has 188 valence electrons. The Balaban J connectivity index is 1.54. The lowest BCUT2D eigenvalue weighted by Crippen LogP contribution is -2.62. The third-order valence-corrected chi connectivity index (χ3v) is 8.70. The quantitative estimate of drug-likeness (QED) is 0.170. The normalized spacial score (nSPS) is 20.8. The van der Waals surface area contributed by atoms with Crippen LogP contribution in [0.2, 0.25) is 0 Å². The molecule has 3 atom stereocenters. The molecule has 0 aromatic heterocycles. The minimum atomic E-state index is -0.647. The van der Waals surface area contributed by atoms with E-state index in [-0.39, 0.29) is 22.9 Å². The summed E-state index contributed by atoms with van der Waals surface area (Å²) < 4.78 is 6.63. The Kier molecular flexibility index (Phi) is 7.66. The van der Waals surface area contributed by atoms with Crippen molar-refractivity contribution in [3.8, 4) is 0 Å². The standard InChI is InChI=1S/C29H25IN2O4S/c1-18(33)31-26-22(17-30)24(32-27(34)23(28(32)37-26)19-11-5-2-6-12-19)29(35)36-25(20-13-7-3-8-14-20)21-15-9-4-10-16-21/h2-16,23,25-26,28H,17H2,1H3,(H,31,33)/t23-,26?,28-/m1/s1. The van der Waals surface area contributed by atoms with Crippen molar-refractivity contribution in [3.63, 3.8) is 0 Å². The van der Waals surface area contributed by atoms with Gasteiger partial charge in [0.15, 0.2) is 6.10 Å². The summed E-state index contributed by atoms with van der Waals surface area (Å²) in [5.41, 5.74) is 3.44. The number of ether oxygens (including phenoxy) is 1. The van der Waals surface area contributed by atoms with E-state index in [2.05, 4.69) is 27.9 Å². The highest BCUT2D eigenvalue weighted by molar-refractivity contribution is 14.1. The maximum atomic E-state index is 13.9.